The second-order valence-corrected chi connectivity index (χ2v) is 4.10. The van der Waals surface area contributed by atoms with E-state index in [9.17, 15) is 4.79 Å². The average Bonchev–Trinajstić information content (AvgIpc) is 2.16. The predicted octanol–water partition coefficient (Wildman–Crippen LogP) is 0.970. The van der Waals surface area contributed by atoms with E-state index in [0.717, 1.165) is 18.7 Å². The molecule has 1 aliphatic rings. The van der Waals surface area contributed by atoms with E-state index in [0.29, 0.717) is 17.5 Å². The zero-order valence-corrected chi connectivity index (χ0v) is 9.05. The summed E-state index contributed by atoms with van der Waals surface area (Å²) < 4.78 is 0. The van der Waals surface area contributed by atoms with E-state index in [1.165, 1.54) is 0 Å². The van der Waals surface area contributed by atoms with Gasteiger partial charge in [-0.05, 0) is 11.6 Å². The van der Waals surface area contributed by atoms with Crippen LogP contribution >= 0.6 is 11.6 Å². The number of nitrogens with one attached hydrogen (secondary N) is 2. The van der Waals surface area contributed by atoms with Crippen molar-refractivity contribution < 1.29 is 4.79 Å². The van der Waals surface area contributed by atoms with Gasteiger partial charge in [-0.25, -0.2) is 0 Å². The number of amides is 1. The quantitative estimate of drug-likeness (QED) is 0.804. The molecule has 2 N–H and O–H groups in total. The number of hydrogen-bond donors (Lipinski definition) is 2. The second kappa shape index (κ2) is 4.64. The van der Waals surface area contributed by atoms with Crippen LogP contribution in [0.5, 0.6) is 0 Å². The number of carbonyl (C=O) groups excluding carboxylic acids is 1. The summed E-state index contributed by atoms with van der Waals surface area (Å²) in [6.07, 6.45) is 0.357. The van der Waals surface area contributed by atoms with Crippen molar-refractivity contribution in [3.05, 3.63) is 34.9 Å². The van der Waals surface area contributed by atoms with Crippen LogP contribution in [0.2, 0.25) is 5.02 Å². The maximum atomic E-state index is 11.6. The highest BCUT2D eigenvalue weighted by Crippen LogP contribution is 2.15. The van der Waals surface area contributed by atoms with Crippen molar-refractivity contribution in [1.29, 1.82) is 0 Å². The minimum atomic E-state index is 0.0367. The summed E-state index contributed by atoms with van der Waals surface area (Å²) >= 11 is 5.96. The molecule has 3 nitrogen and oxygen atoms in total. The lowest BCUT2D eigenvalue weighted by Crippen LogP contribution is -2.57. The summed E-state index contributed by atoms with van der Waals surface area (Å²) in [5.41, 5.74) is 0.879. The molecule has 1 saturated heterocycles. The summed E-state index contributed by atoms with van der Waals surface area (Å²) in [4.78, 5) is 11.6. The van der Waals surface area contributed by atoms with E-state index in [2.05, 4.69) is 10.6 Å². The third kappa shape index (κ3) is 2.70. The monoisotopic (exact) mass is 224 g/mol. The first-order chi connectivity index (χ1) is 7.25. The van der Waals surface area contributed by atoms with Gasteiger partial charge in [-0.2, -0.15) is 0 Å². The van der Waals surface area contributed by atoms with Crippen LogP contribution < -0.4 is 10.6 Å². The Labute approximate surface area is 93.8 Å². The van der Waals surface area contributed by atoms with E-state index in [4.69, 9.17) is 11.6 Å². The summed E-state index contributed by atoms with van der Waals surface area (Å²) in [6, 6.07) is 7.72. The SMILES string of the molecule is O=C(Cc1ccccc1Cl)NC1CNC1. The van der Waals surface area contributed by atoms with E-state index < -0.39 is 0 Å². The Morgan fingerprint density at radius 3 is 2.80 bits per heavy atom. The van der Waals surface area contributed by atoms with Gasteiger partial charge in [0.2, 0.25) is 5.91 Å². The first-order valence-electron chi connectivity index (χ1n) is 4.99. The largest absolute Gasteiger partial charge is 0.351 e. The molecule has 0 radical (unpaired) electrons. The smallest absolute Gasteiger partial charge is 0.224 e. The lowest BCUT2D eigenvalue weighted by Gasteiger charge is -2.27. The first kappa shape index (κ1) is 10.5. The summed E-state index contributed by atoms with van der Waals surface area (Å²) in [6.45, 7) is 1.74. The molecule has 0 spiro atoms. The fraction of sp³-hybridized carbons (Fsp3) is 0.364. The predicted molar refractivity (Wildman–Crippen MR) is 60.0 cm³/mol. The second-order valence-electron chi connectivity index (χ2n) is 3.69. The number of rotatable bonds is 3. The molecule has 0 aliphatic carbocycles. The van der Waals surface area contributed by atoms with Crippen LogP contribution in [-0.4, -0.2) is 25.0 Å². The van der Waals surface area contributed by atoms with E-state index in [-0.39, 0.29) is 5.91 Å². The van der Waals surface area contributed by atoms with Gasteiger partial charge >= 0.3 is 0 Å². The maximum absolute atomic E-state index is 11.6. The lowest BCUT2D eigenvalue weighted by atomic mass is 10.1. The van der Waals surface area contributed by atoms with E-state index in [1.807, 2.05) is 18.2 Å². The van der Waals surface area contributed by atoms with Crippen molar-refractivity contribution in [2.75, 3.05) is 13.1 Å². The van der Waals surface area contributed by atoms with Gasteiger partial charge in [0.15, 0.2) is 0 Å². The lowest BCUT2D eigenvalue weighted by molar-refractivity contribution is -0.121. The number of hydrogen-bond acceptors (Lipinski definition) is 2. The molecule has 0 unspecified atom stereocenters. The molecule has 1 aromatic carbocycles. The minimum Gasteiger partial charge on any atom is -0.351 e. The fourth-order valence-corrected chi connectivity index (χ4v) is 1.69. The van der Waals surface area contributed by atoms with Crippen LogP contribution in [0.1, 0.15) is 5.56 Å². The average molecular weight is 225 g/mol. The highest BCUT2D eigenvalue weighted by Gasteiger charge is 2.18. The third-order valence-electron chi connectivity index (χ3n) is 2.46. The Bertz CT molecular complexity index is 363. The molecule has 1 heterocycles. The molecular weight excluding hydrogens is 212 g/mol. The molecule has 0 atom stereocenters. The van der Waals surface area contributed by atoms with Gasteiger partial charge in [-0.1, -0.05) is 29.8 Å². The van der Waals surface area contributed by atoms with Crippen LogP contribution in [0.25, 0.3) is 0 Å². The number of benzene rings is 1. The zero-order chi connectivity index (χ0) is 10.7. The minimum absolute atomic E-state index is 0.0367. The number of halogens is 1. The molecule has 1 amide bonds. The van der Waals surface area contributed by atoms with E-state index >= 15 is 0 Å². The molecule has 15 heavy (non-hydrogen) atoms. The van der Waals surface area contributed by atoms with Gasteiger partial charge in [0.25, 0.3) is 0 Å². The van der Waals surface area contributed by atoms with Crippen molar-refractivity contribution in [2.24, 2.45) is 0 Å². The van der Waals surface area contributed by atoms with Crippen LogP contribution in [0.15, 0.2) is 24.3 Å². The third-order valence-corrected chi connectivity index (χ3v) is 2.82. The highest BCUT2D eigenvalue weighted by atomic mass is 35.5. The van der Waals surface area contributed by atoms with Gasteiger partial charge in [0.1, 0.15) is 0 Å². The Morgan fingerprint density at radius 2 is 2.20 bits per heavy atom. The Morgan fingerprint density at radius 1 is 1.47 bits per heavy atom. The fourth-order valence-electron chi connectivity index (χ4n) is 1.48. The van der Waals surface area contributed by atoms with Crippen LogP contribution in [0, 0.1) is 0 Å². The normalized spacial score (nSPS) is 15.8. The Balaban J connectivity index is 1.90. The summed E-state index contributed by atoms with van der Waals surface area (Å²) in [7, 11) is 0. The molecule has 0 bridgehead atoms. The van der Waals surface area contributed by atoms with Crippen molar-refractivity contribution in [2.45, 2.75) is 12.5 Å². The van der Waals surface area contributed by atoms with Crippen LogP contribution in [0.4, 0.5) is 0 Å². The van der Waals surface area contributed by atoms with E-state index in [1.54, 1.807) is 6.07 Å². The van der Waals surface area contributed by atoms with Crippen molar-refractivity contribution in [1.82, 2.24) is 10.6 Å². The topological polar surface area (TPSA) is 41.1 Å². The van der Waals surface area contributed by atoms with Gasteiger partial charge in [0.05, 0.1) is 12.5 Å². The molecular formula is C11H13ClN2O. The molecule has 2 rings (SSSR count). The van der Waals surface area contributed by atoms with Gasteiger partial charge in [-0.15, -0.1) is 0 Å². The van der Waals surface area contributed by atoms with Crippen molar-refractivity contribution in [3.8, 4) is 0 Å². The Hall–Kier alpha value is -1.06. The van der Waals surface area contributed by atoms with Crippen molar-refractivity contribution >= 4 is 17.5 Å². The zero-order valence-electron chi connectivity index (χ0n) is 8.29. The molecule has 1 fully saturated rings. The molecule has 0 saturated carbocycles. The highest BCUT2D eigenvalue weighted by molar-refractivity contribution is 6.31. The van der Waals surface area contributed by atoms with Gasteiger partial charge in [-0.3, -0.25) is 4.79 Å². The molecule has 1 aromatic rings. The van der Waals surface area contributed by atoms with Crippen LogP contribution in [0.3, 0.4) is 0 Å². The summed E-state index contributed by atoms with van der Waals surface area (Å²) in [5.74, 6) is 0.0367. The standard InChI is InChI=1S/C11H13ClN2O/c12-10-4-2-1-3-8(10)5-11(15)14-9-6-13-7-9/h1-4,9,13H,5-7H2,(H,14,15). The van der Waals surface area contributed by atoms with Crippen LogP contribution in [-0.2, 0) is 11.2 Å². The number of carbonyl (C=O) groups is 1. The molecule has 0 aromatic heterocycles. The molecule has 1 aliphatic heterocycles. The van der Waals surface area contributed by atoms with Gasteiger partial charge < -0.3 is 10.6 Å². The summed E-state index contributed by atoms with van der Waals surface area (Å²) in [5, 5.41) is 6.69. The molecule has 80 valence electrons. The molecule has 4 heteroatoms. The van der Waals surface area contributed by atoms with Gasteiger partial charge in [0, 0.05) is 18.1 Å². The van der Waals surface area contributed by atoms with Crippen molar-refractivity contribution in [3.63, 3.8) is 0 Å². The first-order valence-corrected chi connectivity index (χ1v) is 5.37. The Kier molecular flexibility index (Phi) is 3.23. The maximum Gasteiger partial charge on any atom is 0.224 e.